The van der Waals surface area contributed by atoms with Crippen LogP contribution in [0.15, 0.2) is 24.3 Å². The van der Waals surface area contributed by atoms with Gasteiger partial charge < -0.3 is 0 Å². The molecule has 1 nitrogen and oxygen atoms in total. The lowest BCUT2D eigenvalue weighted by Crippen LogP contribution is -1.88. The molecule has 0 saturated carbocycles. The van der Waals surface area contributed by atoms with Crippen LogP contribution < -0.4 is 0 Å². The molecule has 3 heteroatoms. The fourth-order valence-corrected chi connectivity index (χ4v) is 1.39. The number of carbonyl (C=O) groups is 1. The SMILES string of the molecule is BrBr.CC.CC.O=C1CCc2ccccc21. The fourth-order valence-electron chi connectivity index (χ4n) is 1.39. The van der Waals surface area contributed by atoms with Crippen molar-refractivity contribution >= 4 is 34.0 Å². The van der Waals surface area contributed by atoms with Crippen LogP contribution in [0.4, 0.5) is 0 Å². The largest absolute Gasteiger partial charge is 0.294 e. The minimum absolute atomic E-state index is 0.301. The van der Waals surface area contributed by atoms with Gasteiger partial charge in [0, 0.05) is 40.2 Å². The van der Waals surface area contributed by atoms with E-state index in [1.807, 2.05) is 52.0 Å². The molecular formula is C13H20Br2O. The number of hydrogen-bond donors (Lipinski definition) is 0. The van der Waals surface area contributed by atoms with Crippen LogP contribution >= 0.6 is 28.3 Å². The van der Waals surface area contributed by atoms with Crippen LogP contribution in [-0.4, -0.2) is 5.78 Å². The molecule has 0 atom stereocenters. The van der Waals surface area contributed by atoms with Crippen LogP contribution in [0.2, 0.25) is 0 Å². The molecule has 1 aromatic rings. The van der Waals surface area contributed by atoms with Crippen LogP contribution in [0.5, 0.6) is 0 Å². The number of rotatable bonds is 0. The van der Waals surface area contributed by atoms with Gasteiger partial charge in [0.1, 0.15) is 0 Å². The van der Waals surface area contributed by atoms with E-state index >= 15 is 0 Å². The number of aryl methyl sites for hydroxylation is 1. The molecule has 1 aliphatic carbocycles. The Morgan fingerprint density at radius 2 is 1.44 bits per heavy atom. The smallest absolute Gasteiger partial charge is 0.163 e. The summed E-state index contributed by atoms with van der Waals surface area (Å²) in [6, 6.07) is 7.84. The molecule has 1 aliphatic rings. The Labute approximate surface area is 114 Å². The number of Topliss-reactive ketones (excluding diaryl/α,β-unsaturated/α-hetero) is 1. The lowest BCUT2D eigenvalue weighted by atomic mass is 10.1. The van der Waals surface area contributed by atoms with Gasteiger partial charge in [-0.25, -0.2) is 0 Å². The monoisotopic (exact) mass is 350 g/mol. The Morgan fingerprint density at radius 1 is 0.938 bits per heavy atom. The van der Waals surface area contributed by atoms with Crippen molar-refractivity contribution in [3.63, 3.8) is 0 Å². The van der Waals surface area contributed by atoms with E-state index in [4.69, 9.17) is 0 Å². The van der Waals surface area contributed by atoms with Gasteiger partial charge in [0.25, 0.3) is 0 Å². The lowest BCUT2D eigenvalue weighted by Gasteiger charge is -1.92. The van der Waals surface area contributed by atoms with E-state index in [9.17, 15) is 4.79 Å². The van der Waals surface area contributed by atoms with Gasteiger partial charge >= 0.3 is 0 Å². The summed E-state index contributed by atoms with van der Waals surface area (Å²) in [6.07, 6.45) is 1.65. The third-order valence-electron chi connectivity index (χ3n) is 1.94. The van der Waals surface area contributed by atoms with Crippen LogP contribution in [0, 0.1) is 0 Å². The Kier molecular flexibility index (Phi) is 14.7. The maximum Gasteiger partial charge on any atom is 0.163 e. The zero-order valence-electron chi connectivity index (χ0n) is 10.4. The van der Waals surface area contributed by atoms with Crippen LogP contribution in [-0.2, 0) is 6.42 Å². The zero-order valence-corrected chi connectivity index (χ0v) is 13.6. The predicted octanol–water partition coefficient (Wildman–Crippen LogP) is 5.56. The highest BCUT2D eigenvalue weighted by atomic mass is 80.9. The maximum absolute atomic E-state index is 11.1. The number of halogens is 2. The number of carbonyl (C=O) groups excluding carboxylic acids is 1. The van der Waals surface area contributed by atoms with E-state index in [-0.39, 0.29) is 0 Å². The zero-order chi connectivity index (χ0) is 13.0. The van der Waals surface area contributed by atoms with E-state index in [1.165, 1.54) is 5.56 Å². The number of fused-ring (bicyclic) bond motifs is 1. The molecule has 0 radical (unpaired) electrons. The third-order valence-corrected chi connectivity index (χ3v) is 1.94. The van der Waals surface area contributed by atoms with E-state index in [0.717, 1.165) is 12.0 Å². The van der Waals surface area contributed by atoms with Gasteiger partial charge in [-0.1, -0.05) is 52.0 Å². The molecule has 92 valence electrons. The summed E-state index contributed by atoms with van der Waals surface area (Å²) >= 11 is 5.50. The first-order valence-corrected chi connectivity index (χ1v) is 9.35. The molecule has 0 unspecified atom stereocenters. The summed E-state index contributed by atoms with van der Waals surface area (Å²) in [7, 11) is 0. The highest BCUT2D eigenvalue weighted by Crippen LogP contribution is 2.20. The van der Waals surface area contributed by atoms with Gasteiger partial charge in [0.05, 0.1) is 0 Å². The molecule has 0 aromatic heterocycles. The molecule has 2 rings (SSSR count). The van der Waals surface area contributed by atoms with Gasteiger partial charge in [0.2, 0.25) is 0 Å². The predicted molar refractivity (Wildman–Crippen MR) is 79.6 cm³/mol. The standard InChI is InChI=1S/C9H8O.2C2H6.Br2/c10-9-6-5-7-3-1-2-4-8(7)9;3*1-2/h1-4H,5-6H2;2*1-2H3;. The Morgan fingerprint density at radius 3 is 1.94 bits per heavy atom. The van der Waals surface area contributed by atoms with Crippen molar-refractivity contribution in [3.05, 3.63) is 35.4 Å². The first-order valence-electron chi connectivity index (χ1n) is 5.63. The number of ketones is 1. The first kappa shape index (κ1) is 18.2. The second-order valence-electron chi connectivity index (χ2n) is 2.58. The molecule has 0 saturated heterocycles. The van der Waals surface area contributed by atoms with E-state index in [0.29, 0.717) is 12.2 Å². The van der Waals surface area contributed by atoms with E-state index in [2.05, 4.69) is 28.3 Å². The third kappa shape index (κ3) is 5.80. The van der Waals surface area contributed by atoms with Crippen molar-refractivity contribution in [3.8, 4) is 0 Å². The number of benzene rings is 1. The summed E-state index contributed by atoms with van der Waals surface area (Å²) in [5, 5.41) is 0. The minimum Gasteiger partial charge on any atom is -0.294 e. The fraction of sp³-hybridized carbons (Fsp3) is 0.462. The normalized spacial score (nSPS) is 10.8. The second kappa shape index (κ2) is 12.9. The molecule has 16 heavy (non-hydrogen) atoms. The summed E-state index contributed by atoms with van der Waals surface area (Å²) in [4.78, 5) is 11.1. The van der Waals surface area contributed by atoms with E-state index < -0.39 is 0 Å². The molecule has 0 bridgehead atoms. The van der Waals surface area contributed by atoms with Crippen molar-refractivity contribution in [1.29, 1.82) is 0 Å². The molecule has 0 spiro atoms. The van der Waals surface area contributed by atoms with Gasteiger partial charge in [0.15, 0.2) is 5.78 Å². The Balaban J connectivity index is 0. The lowest BCUT2D eigenvalue weighted by molar-refractivity contribution is 0.0994. The van der Waals surface area contributed by atoms with Crippen LogP contribution in [0.3, 0.4) is 0 Å². The quantitative estimate of drug-likeness (QED) is 0.598. The topological polar surface area (TPSA) is 17.1 Å². The molecule has 1 aromatic carbocycles. The van der Waals surface area contributed by atoms with Crippen molar-refractivity contribution in [2.75, 3.05) is 0 Å². The number of hydrogen-bond acceptors (Lipinski definition) is 1. The van der Waals surface area contributed by atoms with Gasteiger partial charge in [-0.05, 0) is 12.0 Å². The van der Waals surface area contributed by atoms with E-state index in [1.54, 1.807) is 0 Å². The second-order valence-corrected chi connectivity index (χ2v) is 2.58. The minimum atomic E-state index is 0.301. The summed E-state index contributed by atoms with van der Waals surface area (Å²) in [5.41, 5.74) is 2.15. The van der Waals surface area contributed by atoms with Crippen molar-refractivity contribution < 1.29 is 4.79 Å². The van der Waals surface area contributed by atoms with Crippen LogP contribution in [0.25, 0.3) is 0 Å². The highest BCUT2D eigenvalue weighted by molar-refractivity contribution is 9.93. The summed E-state index contributed by atoms with van der Waals surface area (Å²) < 4.78 is 0. The molecule has 0 amide bonds. The van der Waals surface area contributed by atoms with Gasteiger partial charge in [-0.3, -0.25) is 4.79 Å². The highest BCUT2D eigenvalue weighted by Gasteiger charge is 2.17. The van der Waals surface area contributed by atoms with Crippen molar-refractivity contribution in [2.45, 2.75) is 40.5 Å². The summed E-state index contributed by atoms with van der Waals surface area (Å²) in [5.74, 6) is 0.301. The average molecular weight is 352 g/mol. The molecule has 0 heterocycles. The Bertz CT molecular complexity index is 285. The average Bonchev–Trinajstić information content (AvgIpc) is 2.79. The van der Waals surface area contributed by atoms with Crippen molar-refractivity contribution in [2.24, 2.45) is 0 Å². The Hall–Kier alpha value is -0.150. The molecule has 0 fully saturated rings. The maximum atomic E-state index is 11.1. The first-order chi connectivity index (χ1) is 7.88. The van der Waals surface area contributed by atoms with Crippen molar-refractivity contribution in [1.82, 2.24) is 0 Å². The summed E-state index contributed by atoms with van der Waals surface area (Å²) in [6.45, 7) is 8.00. The van der Waals surface area contributed by atoms with Gasteiger partial charge in [-0.15, -0.1) is 0 Å². The molecule has 0 N–H and O–H groups in total. The van der Waals surface area contributed by atoms with Gasteiger partial charge in [-0.2, -0.15) is 0 Å². The molecular weight excluding hydrogens is 332 g/mol. The molecule has 0 aliphatic heterocycles. The van der Waals surface area contributed by atoms with Crippen LogP contribution in [0.1, 0.15) is 50.0 Å².